The van der Waals surface area contributed by atoms with Crippen LogP contribution in [-0.4, -0.2) is 37.0 Å². The first-order chi connectivity index (χ1) is 11.9. The number of benzene rings is 1. The van der Waals surface area contributed by atoms with Crippen LogP contribution in [0.5, 0.6) is 5.75 Å². The van der Waals surface area contributed by atoms with Crippen LogP contribution in [0.4, 0.5) is 0 Å². The lowest BCUT2D eigenvalue weighted by atomic mass is 10.2. The van der Waals surface area contributed by atoms with E-state index >= 15 is 0 Å². The lowest BCUT2D eigenvalue weighted by Crippen LogP contribution is -2.26. The van der Waals surface area contributed by atoms with E-state index < -0.39 is 10.0 Å². The first-order valence-corrected chi connectivity index (χ1v) is 9.71. The van der Waals surface area contributed by atoms with Crippen molar-refractivity contribution >= 4 is 21.4 Å². The molecule has 0 saturated heterocycles. The first kappa shape index (κ1) is 17.6. The number of hydrogen-bond donors (Lipinski definition) is 0. The molecule has 25 heavy (non-hydrogen) atoms. The van der Waals surface area contributed by atoms with E-state index in [1.807, 2.05) is 17.5 Å². The van der Waals surface area contributed by atoms with E-state index in [2.05, 4.69) is 10.1 Å². The van der Waals surface area contributed by atoms with E-state index in [4.69, 9.17) is 9.26 Å². The van der Waals surface area contributed by atoms with Crippen molar-refractivity contribution in [3.63, 3.8) is 0 Å². The van der Waals surface area contributed by atoms with Crippen molar-refractivity contribution in [3.05, 3.63) is 47.2 Å². The van der Waals surface area contributed by atoms with Crippen molar-refractivity contribution in [2.75, 3.05) is 14.2 Å². The highest BCUT2D eigenvalue weighted by molar-refractivity contribution is 7.89. The molecule has 1 aromatic carbocycles. The molecule has 7 nitrogen and oxygen atoms in total. The molecule has 2 heterocycles. The minimum absolute atomic E-state index is 0.00815. The van der Waals surface area contributed by atoms with E-state index in [-0.39, 0.29) is 17.3 Å². The largest absolute Gasteiger partial charge is 0.496 e. The van der Waals surface area contributed by atoms with E-state index in [0.717, 1.165) is 10.4 Å². The van der Waals surface area contributed by atoms with Crippen LogP contribution in [0.3, 0.4) is 0 Å². The molecule has 2 aromatic heterocycles. The summed E-state index contributed by atoms with van der Waals surface area (Å²) in [6, 6.07) is 8.49. The summed E-state index contributed by atoms with van der Waals surface area (Å²) < 4.78 is 37.0. The summed E-state index contributed by atoms with van der Waals surface area (Å²) in [5.74, 6) is 1.33. The van der Waals surface area contributed by atoms with Gasteiger partial charge in [0.1, 0.15) is 5.75 Å². The smallest absolute Gasteiger partial charge is 0.243 e. The second kappa shape index (κ2) is 6.95. The van der Waals surface area contributed by atoms with Crippen molar-refractivity contribution in [3.8, 4) is 16.5 Å². The van der Waals surface area contributed by atoms with Gasteiger partial charge in [0, 0.05) is 7.05 Å². The van der Waals surface area contributed by atoms with Gasteiger partial charge in [-0.3, -0.25) is 0 Å². The molecular weight excluding hydrogens is 362 g/mol. The normalized spacial score (nSPS) is 11.8. The second-order valence-corrected chi connectivity index (χ2v) is 8.37. The summed E-state index contributed by atoms with van der Waals surface area (Å²) in [5, 5.41) is 5.80. The van der Waals surface area contributed by atoms with Crippen molar-refractivity contribution in [2.24, 2.45) is 0 Å². The first-order valence-electron chi connectivity index (χ1n) is 7.39. The maximum atomic E-state index is 12.7. The molecule has 0 saturated carbocycles. The lowest BCUT2D eigenvalue weighted by Gasteiger charge is -2.16. The molecule has 9 heteroatoms. The number of sulfonamides is 1. The third-order valence-corrected chi connectivity index (χ3v) is 6.31. The fraction of sp³-hybridized carbons (Fsp3) is 0.250. The number of ether oxygens (including phenoxy) is 1. The fourth-order valence-electron chi connectivity index (χ4n) is 2.29. The van der Waals surface area contributed by atoms with Gasteiger partial charge in [-0.05, 0) is 42.1 Å². The Morgan fingerprint density at radius 3 is 2.76 bits per heavy atom. The third-order valence-electron chi connectivity index (χ3n) is 3.64. The summed E-state index contributed by atoms with van der Waals surface area (Å²) in [7, 11) is -0.655. The number of hydrogen-bond acceptors (Lipinski definition) is 7. The standard InChI is InChI=1S/C16H17N3O4S2/c1-11-9-12(6-7-13(11)22-3)25(20,21)19(2)10-15-17-16(18-23-15)14-5-4-8-24-14/h4-9H,10H2,1-3H3. The van der Waals surface area contributed by atoms with Crippen LogP contribution in [-0.2, 0) is 16.6 Å². The number of aromatic nitrogens is 2. The van der Waals surface area contributed by atoms with E-state index in [1.165, 1.54) is 28.8 Å². The zero-order chi connectivity index (χ0) is 18.0. The van der Waals surface area contributed by atoms with Crippen molar-refractivity contribution in [2.45, 2.75) is 18.4 Å². The summed E-state index contributed by atoms with van der Waals surface area (Å²) in [5.41, 5.74) is 0.745. The second-order valence-electron chi connectivity index (χ2n) is 5.38. The topological polar surface area (TPSA) is 85.5 Å². The Kier molecular flexibility index (Phi) is 4.89. The molecular formula is C16H17N3O4S2. The van der Waals surface area contributed by atoms with Gasteiger partial charge < -0.3 is 9.26 Å². The molecule has 0 unspecified atom stereocenters. The van der Waals surface area contributed by atoms with Crippen molar-refractivity contribution in [1.29, 1.82) is 0 Å². The Morgan fingerprint density at radius 2 is 2.12 bits per heavy atom. The molecule has 0 aliphatic heterocycles. The SMILES string of the molecule is COc1ccc(S(=O)(=O)N(C)Cc2nc(-c3cccs3)no2)cc1C. The highest BCUT2D eigenvalue weighted by Crippen LogP contribution is 2.25. The van der Waals surface area contributed by atoms with Crippen LogP contribution in [0.1, 0.15) is 11.5 Å². The highest BCUT2D eigenvalue weighted by Gasteiger charge is 2.24. The summed E-state index contributed by atoms with van der Waals surface area (Å²) >= 11 is 1.49. The number of nitrogens with zero attached hydrogens (tertiary/aromatic N) is 3. The number of aryl methyl sites for hydroxylation is 1. The van der Waals surface area contributed by atoms with E-state index in [1.54, 1.807) is 26.2 Å². The van der Waals surface area contributed by atoms with Gasteiger partial charge in [-0.1, -0.05) is 11.2 Å². The van der Waals surface area contributed by atoms with Gasteiger partial charge in [-0.2, -0.15) is 9.29 Å². The quantitative estimate of drug-likeness (QED) is 0.655. The van der Waals surface area contributed by atoms with Crippen LogP contribution in [0, 0.1) is 6.92 Å². The molecule has 0 N–H and O–H groups in total. The maximum absolute atomic E-state index is 12.7. The lowest BCUT2D eigenvalue weighted by molar-refractivity contribution is 0.337. The average molecular weight is 379 g/mol. The summed E-state index contributed by atoms with van der Waals surface area (Å²) in [6.07, 6.45) is 0. The third kappa shape index (κ3) is 3.58. The molecule has 0 aliphatic rings. The predicted molar refractivity (Wildman–Crippen MR) is 94.0 cm³/mol. The Morgan fingerprint density at radius 1 is 1.32 bits per heavy atom. The van der Waals surface area contributed by atoms with E-state index in [9.17, 15) is 8.42 Å². The molecule has 0 fully saturated rings. The fourth-order valence-corrected chi connectivity index (χ4v) is 4.15. The Balaban J connectivity index is 1.80. The van der Waals surface area contributed by atoms with Gasteiger partial charge in [-0.25, -0.2) is 8.42 Å². The highest BCUT2D eigenvalue weighted by atomic mass is 32.2. The summed E-state index contributed by atoms with van der Waals surface area (Å²) in [6.45, 7) is 1.79. The minimum atomic E-state index is -3.68. The van der Waals surface area contributed by atoms with E-state index in [0.29, 0.717) is 11.6 Å². The Hall–Kier alpha value is -2.23. The summed E-state index contributed by atoms with van der Waals surface area (Å²) in [4.78, 5) is 5.30. The molecule has 3 aromatic rings. The van der Waals surface area contributed by atoms with Gasteiger partial charge >= 0.3 is 0 Å². The van der Waals surface area contributed by atoms with Crippen LogP contribution in [0.2, 0.25) is 0 Å². The predicted octanol–water partition coefficient (Wildman–Crippen LogP) is 2.94. The van der Waals surface area contributed by atoms with Crippen LogP contribution >= 0.6 is 11.3 Å². The molecule has 0 bridgehead atoms. The van der Waals surface area contributed by atoms with Crippen molar-refractivity contribution < 1.29 is 17.7 Å². The van der Waals surface area contributed by atoms with Gasteiger partial charge in [0.2, 0.25) is 21.7 Å². The molecule has 0 spiro atoms. The number of thiophene rings is 1. The molecule has 0 aliphatic carbocycles. The monoisotopic (exact) mass is 379 g/mol. The van der Waals surface area contributed by atoms with Crippen LogP contribution < -0.4 is 4.74 Å². The van der Waals surface area contributed by atoms with Gasteiger partial charge in [0.05, 0.1) is 23.4 Å². The number of methoxy groups -OCH3 is 1. The average Bonchev–Trinajstić information content (AvgIpc) is 3.25. The zero-order valence-electron chi connectivity index (χ0n) is 14.0. The van der Waals surface area contributed by atoms with Gasteiger partial charge in [0.15, 0.2) is 0 Å². The Bertz CT molecular complexity index is 965. The van der Waals surface area contributed by atoms with Crippen LogP contribution in [0.25, 0.3) is 10.7 Å². The number of rotatable bonds is 6. The molecule has 0 atom stereocenters. The van der Waals surface area contributed by atoms with Crippen LogP contribution in [0.15, 0.2) is 45.1 Å². The Labute approximate surface area is 149 Å². The minimum Gasteiger partial charge on any atom is -0.496 e. The zero-order valence-corrected chi connectivity index (χ0v) is 15.6. The molecule has 0 radical (unpaired) electrons. The molecule has 132 valence electrons. The molecule has 0 amide bonds. The van der Waals surface area contributed by atoms with Crippen molar-refractivity contribution in [1.82, 2.24) is 14.4 Å². The van der Waals surface area contributed by atoms with Gasteiger partial charge in [-0.15, -0.1) is 11.3 Å². The molecule has 3 rings (SSSR count). The maximum Gasteiger partial charge on any atom is 0.243 e. The van der Waals surface area contributed by atoms with Gasteiger partial charge in [0.25, 0.3) is 0 Å².